The van der Waals surface area contributed by atoms with Crippen LogP contribution in [0.1, 0.15) is 11.3 Å². The first-order valence-corrected chi connectivity index (χ1v) is 3.44. The minimum Gasteiger partial charge on any atom is -0.315 e. The smallest absolute Gasteiger partial charge is 0.268 e. The fraction of sp³-hybridized carbons (Fsp3) is 0.429. The predicted molar refractivity (Wildman–Crippen MR) is 42.4 cm³/mol. The Bertz CT molecular complexity index is 292. The second kappa shape index (κ2) is 3.30. The van der Waals surface area contributed by atoms with Crippen LogP contribution in [0.3, 0.4) is 0 Å². The first kappa shape index (κ1) is 7.94. The highest BCUT2D eigenvalue weighted by Gasteiger charge is 1.97. The molecule has 4 nitrogen and oxygen atoms in total. The molecule has 4 heteroatoms. The summed E-state index contributed by atoms with van der Waals surface area (Å²) in [5.41, 5.74) is 1.43. The predicted octanol–water partition coefficient (Wildman–Crippen LogP) is -0.202. The number of nitrogens with one attached hydrogen (secondary N) is 2. The first-order chi connectivity index (χ1) is 5.24. The van der Waals surface area contributed by atoms with E-state index in [1.807, 2.05) is 6.92 Å². The summed E-state index contributed by atoms with van der Waals surface area (Å²) in [7, 11) is 1.80. The molecule has 0 saturated carbocycles. The van der Waals surface area contributed by atoms with Gasteiger partial charge in [0.15, 0.2) is 0 Å². The van der Waals surface area contributed by atoms with Gasteiger partial charge in [0, 0.05) is 12.1 Å². The molecule has 0 aliphatic heterocycles. The molecule has 0 unspecified atom stereocenters. The van der Waals surface area contributed by atoms with Gasteiger partial charge in [0.2, 0.25) is 0 Å². The van der Waals surface area contributed by atoms with Crippen LogP contribution in [0.5, 0.6) is 0 Å². The van der Waals surface area contributed by atoms with E-state index in [2.05, 4.69) is 15.5 Å². The number of hydrogen-bond donors (Lipinski definition) is 2. The zero-order valence-electron chi connectivity index (χ0n) is 6.64. The lowest BCUT2D eigenvalue weighted by Gasteiger charge is -1.97. The third-order valence-electron chi connectivity index (χ3n) is 1.38. The molecule has 0 amide bonds. The van der Waals surface area contributed by atoms with Crippen LogP contribution in [-0.4, -0.2) is 17.2 Å². The molecule has 1 aromatic rings. The van der Waals surface area contributed by atoms with Crippen molar-refractivity contribution in [1.82, 2.24) is 15.5 Å². The highest BCUT2D eigenvalue weighted by molar-refractivity contribution is 5.11. The van der Waals surface area contributed by atoms with Crippen LogP contribution in [0.15, 0.2) is 10.9 Å². The van der Waals surface area contributed by atoms with Crippen LogP contribution in [0.25, 0.3) is 0 Å². The number of rotatable bonds is 2. The summed E-state index contributed by atoms with van der Waals surface area (Å²) in [5, 5.41) is 9.07. The lowest BCUT2D eigenvalue weighted by molar-refractivity contribution is 0.786. The van der Waals surface area contributed by atoms with E-state index >= 15 is 0 Å². The Labute approximate surface area is 64.6 Å². The molecule has 0 fully saturated rings. The first-order valence-electron chi connectivity index (χ1n) is 3.44. The molecule has 0 spiro atoms. The molecule has 2 N–H and O–H groups in total. The minimum atomic E-state index is -0.120. The van der Waals surface area contributed by atoms with Crippen molar-refractivity contribution in [3.05, 3.63) is 27.7 Å². The maximum Gasteiger partial charge on any atom is 0.268 e. The maximum atomic E-state index is 11.0. The Morgan fingerprint density at radius 3 is 3.09 bits per heavy atom. The number of hydrogen-bond acceptors (Lipinski definition) is 3. The Morgan fingerprint density at radius 1 is 1.73 bits per heavy atom. The Morgan fingerprint density at radius 2 is 2.45 bits per heavy atom. The van der Waals surface area contributed by atoms with Gasteiger partial charge in [-0.3, -0.25) is 4.79 Å². The fourth-order valence-electron chi connectivity index (χ4n) is 0.882. The average molecular weight is 153 g/mol. The van der Waals surface area contributed by atoms with Crippen LogP contribution in [0.4, 0.5) is 0 Å². The lowest BCUT2D eigenvalue weighted by atomic mass is 10.2. The van der Waals surface area contributed by atoms with Crippen LogP contribution in [-0.2, 0) is 6.54 Å². The van der Waals surface area contributed by atoms with E-state index < -0.39 is 0 Å². The van der Waals surface area contributed by atoms with Crippen LogP contribution in [0, 0.1) is 6.92 Å². The number of H-pyrrole nitrogens is 1. The molecule has 11 heavy (non-hydrogen) atoms. The van der Waals surface area contributed by atoms with Crippen LogP contribution >= 0.6 is 0 Å². The van der Waals surface area contributed by atoms with Crippen molar-refractivity contribution in [3.63, 3.8) is 0 Å². The van der Waals surface area contributed by atoms with Gasteiger partial charge in [-0.25, -0.2) is 5.10 Å². The third-order valence-corrected chi connectivity index (χ3v) is 1.38. The summed E-state index contributed by atoms with van der Waals surface area (Å²) in [6, 6.07) is 1.77. The van der Waals surface area contributed by atoms with Crippen LogP contribution < -0.4 is 10.9 Å². The van der Waals surface area contributed by atoms with Gasteiger partial charge in [0.05, 0.1) is 5.69 Å². The van der Waals surface area contributed by atoms with Crippen molar-refractivity contribution in [3.8, 4) is 0 Å². The standard InChI is InChI=1S/C7H11N3O/c1-5-3-6(4-8-2)7(11)10-9-5/h3,8H,4H2,1-2H3,(H,10,11). The van der Waals surface area contributed by atoms with Crippen molar-refractivity contribution in [2.45, 2.75) is 13.5 Å². The van der Waals surface area contributed by atoms with Gasteiger partial charge in [0.25, 0.3) is 5.56 Å². The third kappa shape index (κ3) is 1.88. The zero-order valence-corrected chi connectivity index (χ0v) is 6.64. The number of aryl methyl sites for hydroxylation is 1. The molecule has 0 radical (unpaired) electrons. The lowest BCUT2D eigenvalue weighted by Crippen LogP contribution is -2.19. The summed E-state index contributed by atoms with van der Waals surface area (Å²) in [6.45, 7) is 2.42. The minimum absolute atomic E-state index is 0.120. The van der Waals surface area contributed by atoms with Crippen molar-refractivity contribution in [2.24, 2.45) is 0 Å². The summed E-state index contributed by atoms with van der Waals surface area (Å²) in [4.78, 5) is 11.0. The van der Waals surface area contributed by atoms with Gasteiger partial charge in [0.1, 0.15) is 0 Å². The molecule has 60 valence electrons. The monoisotopic (exact) mass is 153 g/mol. The topological polar surface area (TPSA) is 57.8 Å². The van der Waals surface area contributed by atoms with Crippen molar-refractivity contribution >= 4 is 0 Å². The van der Waals surface area contributed by atoms with E-state index in [4.69, 9.17) is 0 Å². The van der Waals surface area contributed by atoms with Crippen LogP contribution in [0.2, 0.25) is 0 Å². The van der Waals surface area contributed by atoms with Gasteiger partial charge in [-0.2, -0.15) is 5.10 Å². The summed E-state index contributed by atoms with van der Waals surface area (Å²) in [6.07, 6.45) is 0. The maximum absolute atomic E-state index is 11.0. The van der Waals surface area contributed by atoms with Crippen molar-refractivity contribution < 1.29 is 0 Å². The Balaban J connectivity index is 3.03. The summed E-state index contributed by atoms with van der Waals surface area (Å²) in [5.74, 6) is 0. The van der Waals surface area contributed by atoms with Crippen molar-refractivity contribution in [1.29, 1.82) is 0 Å². The van der Waals surface area contributed by atoms with Gasteiger partial charge in [-0.1, -0.05) is 0 Å². The van der Waals surface area contributed by atoms with E-state index in [9.17, 15) is 4.79 Å². The van der Waals surface area contributed by atoms with Gasteiger partial charge in [-0.15, -0.1) is 0 Å². The van der Waals surface area contributed by atoms with E-state index in [1.165, 1.54) is 0 Å². The number of aromatic amines is 1. The Hall–Kier alpha value is -1.16. The highest BCUT2D eigenvalue weighted by atomic mass is 16.1. The molecule has 1 aromatic heterocycles. The number of nitrogens with zero attached hydrogens (tertiary/aromatic N) is 1. The highest BCUT2D eigenvalue weighted by Crippen LogP contribution is 1.91. The summed E-state index contributed by atoms with van der Waals surface area (Å²) < 4.78 is 0. The second-order valence-corrected chi connectivity index (χ2v) is 2.39. The normalized spacial score (nSPS) is 10.0. The molecule has 0 bridgehead atoms. The Kier molecular flexibility index (Phi) is 2.38. The van der Waals surface area contributed by atoms with Gasteiger partial charge >= 0.3 is 0 Å². The largest absolute Gasteiger partial charge is 0.315 e. The fourth-order valence-corrected chi connectivity index (χ4v) is 0.882. The molecule has 0 atom stereocenters. The van der Waals surface area contributed by atoms with Crippen molar-refractivity contribution in [2.75, 3.05) is 7.05 Å². The average Bonchev–Trinajstić information content (AvgIpc) is 1.98. The van der Waals surface area contributed by atoms with Gasteiger partial charge < -0.3 is 5.32 Å². The molecule has 0 aliphatic carbocycles. The summed E-state index contributed by atoms with van der Waals surface area (Å²) >= 11 is 0. The van der Waals surface area contributed by atoms with Gasteiger partial charge in [-0.05, 0) is 20.0 Å². The zero-order chi connectivity index (χ0) is 8.27. The molecular weight excluding hydrogens is 142 g/mol. The van der Waals surface area contributed by atoms with E-state index in [1.54, 1.807) is 13.1 Å². The molecular formula is C7H11N3O. The number of aromatic nitrogens is 2. The molecule has 1 heterocycles. The quantitative estimate of drug-likeness (QED) is 0.618. The SMILES string of the molecule is CNCc1cc(C)n[nH]c1=O. The molecule has 0 aromatic carbocycles. The van der Waals surface area contributed by atoms with E-state index in [-0.39, 0.29) is 5.56 Å². The van der Waals surface area contributed by atoms with E-state index in [0.29, 0.717) is 6.54 Å². The molecule has 1 rings (SSSR count). The molecule has 0 saturated heterocycles. The molecule has 0 aliphatic rings. The van der Waals surface area contributed by atoms with E-state index in [0.717, 1.165) is 11.3 Å². The second-order valence-electron chi connectivity index (χ2n) is 2.39.